The average Bonchev–Trinajstić information content (AvgIpc) is 3.78. The molecule has 4 nitrogen and oxygen atoms in total. The van der Waals surface area contributed by atoms with E-state index in [1.54, 1.807) is 11.8 Å². The predicted octanol–water partition coefficient (Wildman–Crippen LogP) is 12.9. The summed E-state index contributed by atoms with van der Waals surface area (Å²) in [5.41, 5.74) is 11.8. The Bertz CT molecular complexity index is 2760. The minimum absolute atomic E-state index is 0.755. The molecule has 0 fully saturated rings. The molecule has 0 spiro atoms. The van der Waals surface area contributed by atoms with Gasteiger partial charge in [0.25, 0.3) is 0 Å². The van der Waals surface area contributed by atoms with Gasteiger partial charge < -0.3 is 9.80 Å². The van der Waals surface area contributed by atoms with Crippen LogP contribution in [0.5, 0.6) is 0 Å². The van der Waals surface area contributed by atoms with Crippen molar-refractivity contribution in [2.24, 2.45) is 0 Å². The van der Waals surface area contributed by atoms with Crippen LogP contribution in [0.2, 0.25) is 0 Å². The summed E-state index contributed by atoms with van der Waals surface area (Å²) in [6.07, 6.45) is 1.94. The van der Waals surface area contributed by atoms with E-state index in [0.717, 1.165) is 29.1 Å². The van der Waals surface area contributed by atoms with Gasteiger partial charge in [-0.05, 0) is 95.1 Å². The van der Waals surface area contributed by atoms with Gasteiger partial charge in [0.2, 0.25) is 0 Å². The summed E-state index contributed by atoms with van der Waals surface area (Å²) in [4.78, 5) is 12.1. The van der Waals surface area contributed by atoms with Gasteiger partial charge in [0, 0.05) is 38.1 Å². The van der Waals surface area contributed by atoms with Gasteiger partial charge in [-0.2, -0.15) is 0 Å². The van der Waals surface area contributed by atoms with Crippen molar-refractivity contribution in [3.05, 3.63) is 194 Å². The molecule has 53 heavy (non-hydrogen) atoms. The first kappa shape index (κ1) is 31.2. The van der Waals surface area contributed by atoms with Crippen molar-refractivity contribution >= 4 is 56.3 Å². The first-order valence-corrected chi connectivity index (χ1v) is 18.7. The van der Waals surface area contributed by atoms with Crippen LogP contribution >= 0.6 is 11.8 Å². The van der Waals surface area contributed by atoms with Crippen molar-refractivity contribution < 1.29 is 0 Å². The zero-order valence-electron chi connectivity index (χ0n) is 28.9. The Hall–Kier alpha value is -6.56. The number of anilines is 4. The summed E-state index contributed by atoms with van der Waals surface area (Å²) in [5, 5.41) is 2.43. The lowest BCUT2D eigenvalue weighted by molar-refractivity contribution is 0.988. The second-order valence-electron chi connectivity index (χ2n) is 13.3. The molecular formula is C48H34N4S. The molecule has 5 heteroatoms. The van der Waals surface area contributed by atoms with Gasteiger partial charge in [-0.15, -0.1) is 0 Å². The van der Waals surface area contributed by atoms with Gasteiger partial charge in [0.1, 0.15) is 12.5 Å². The minimum atomic E-state index is 0.755. The van der Waals surface area contributed by atoms with E-state index in [2.05, 4.69) is 202 Å². The molecule has 0 unspecified atom stereocenters. The SMILES string of the molecule is c1ccc(-c2ccccc2-c2ccnc(-n3c4ccccc4c4ccc(Sc5cccc(N6CN(c7ccccc7)c7ccccc76)c5)cc43)c2)cc1. The summed E-state index contributed by atoms with van der Waals surface area (Å²) >= 11 is 1.79. The molecule has 10 rings (SSSR count). The highest BCUT2D eigenvalue weighted by atomic mass is 32.2. The van der Waals surface area contributed by atoms with Crippen molar-refractivity contribution in [1.82, 2.24) is 9.55 Å². The third-order valence-electron chi connectivity index (χ3n) is 10.1. The summed E-state index contributed by atoms with van der Waals surface area (Å²) in [5.74, 6) is 0.899. The zero-order chi connectivity index (χ0) is 35.1. The van der Waals surface area contributed by atoms with Crippen LogP contribution in [0.25, 0.3) is 49.9 Å². The van der Waals surface area contributed by atoms with Crippen LogP contribution in [0, 0.1) is 0 Å². The number of hydrogen-bond donors (Lipinski definition) is 0. The second-order valence-corrected chi connectivity index (χ2v) is 14.4. The maximum absolute atomic E-state index is 4.97. The molecule has 0 saturated heterocycles. The number of hydrogen-bond acceptors (Lipinski definition) is 4. The van der Waals surface area contributed by atoms with E-state index in [9.17, 15) is 0 Å². The molecule has 7 aromatic carbocycles. The topological polar surface area (TPSA) is 24.3 Å². The average molecular weight is 699 g/mol. The molecule has 0 saturated carbocycles. The fraction of sp³-hybridized carbons (Fsp3) is 0.0208. The van der Waals surface area contributed by atoms with E-state index in [0.29, 0.717) is 0 Å². The van der Waals surface area contributed by atoms with Gasteiger partial charge in [0.05, 0.1) is 22.4 Å². The van der Waals surface area contributed by atoms with Gasteiger partial charge in [-0.25, -0.2) is 4.98 Å². The fourth-order valence-electron chi connectivity index (χ4n) is 7.69. The van der Waals surface area contributed by atoms with E-state index < -0.39 is 0 Å². The summed E-state index contributed by atoms with van der Waals surface area (Å²) in [7, 11) is 0. The number of fused-ring (bicyclic) bond motifs is 4. The molecule has 0 amide bonds. The molecule has 1 aliphatic rings. The first-order chi connectivity index (χ1) is 26.3. The van der Waals surface area contributed by atoms with Gasteiger partial charge >= 0.3 is 0 Å². The lowest BCUT2D eigenvalue weighted by atomic mass is 9.95. The summed E-state index contributed by atoms with van der Waals surface area (Å²) < 4.78 is 2.32. The maximum Gasteiger partial charge on any atom is 0.138 e. The summed E-state index contributed by atoms with van der Waals surface area (Å²) in [6, 6.07) is 67.3. The van der Waals surface area contributed by atoms with Gasteiger partial charge in [-0.3, -0.25) is 4.57 Å². The zero-order valence-corrected chi connectivity index (χ0v) is 29.7. The van der Waals surface area contributed by atoms with Crippen LogP contribution < -0.4 is 9.80 Å². The van der Waals surface area contributed by atoms with Crippen molar-refractivity contribution in [2.45, 2.75) is 9.79 Å². The van der Waals surface area contributed by atoms with Crippen LogP contribution in [0.3, 0.4) is 0 Å². The molecule has 0 radical (unpaired) electrons. The Balaban J connectivity index is 1.02. The highest BCUT2D eigenvalue weighted by molar-refractivity contribution is 7.99. The number of pyridine rings is 1. The van der Waals surface area contributed by atoms with E-state index >= 15 is 0 Å². The van der Waals surface area contributed by atoms with Crippen molar-refractivity contribution in [1.29, 1.82) is 0 Å². The first-order valence-electron chi connectivity index (χ1n) is 17.9. The smallest absolute Gasteiger partial charge is 0.138 e. The maximum atomic E-state index is 4.97. The van der Waals surface area contributed by atoms with E-state index in [1.807, 2.05) is 6.20 Å². The molecule has 9 aromatic rings. The Morgan fingerprint density at radius 3 is 1.87 bits per heavy atom. The van der Waals surface area contributed by atoms with E-state index in [1.165, 1.54) is 60.0 Å². The predicted molar refractivity (Wildman–Crippen MR) is 222 cm³/mol. The molecule has 0 atom stereocenters. The van der Waals surface area contributed by atoms with Gasteiger partial charge in [0.15, 0.2) is 0 Å². The number of aromatic nitrogens is 2. The van der Waals surface area contributed by atoms with Crippen molar-refractivity contribution in [2.75, 3.05) is 16.5 Å². The summed E-state index contributed by atoms with van der Waals surface area (Å²) in [6.45, 7) is 0.755. The van der Waals surface area contributed by atoms with Crippen LogP contribution in [0.1, 0.15) is 0 Å². The standard InChI is InChI=1S/C48H34N4S/c1-3-14-34(15-4-1)40-20-7-8-21-41(40)35-28-29-49-48(30-35)52-44-23-10-9-22-42(44)43-27-26-39(32-47(43)52)53-38-19-13-18-37(31-38)51-33-50(36-16-5-2-6-17-36)45-24-11-12-25-46(45)51/h1-32H,33H2. The molecule has 1 aliphatic heterocycles. The number of para-hydroxylation sites is 4. The Morgan fingerprint density at radius 2 is 1.06 bits per heavy atom. The van der Waals surface area contributed by atoms with Crippen LogP contribution in [-0.4, -0.2) is 16.2 Å². The number of nitrogens with zero attached hydrogens (tertiary/aromatic N) is 4. The Kier molecular flexibility index (Phi) is 7.77. The monoisotopic (exact) mass is 698 g/mol. The molecule has 2 aromatic heterocycles. The fourth-order valence-corrected chi connectivity index (χ4v) is 8.59. The van der Waals surface area contributed by atoms with Crippen LogP contribution in [0.4, 0.5) is 22.7 Å². The van der Waals surface area contributed by atoms with Crippen LogP contribution in [-0.2, 0) is 0 Å². The minimum Gasteiger partial charge on any atom is -0.321 e. The quantitative estimate of drug-likeness (QED) is 0.165. The number of benzene rings is 7. The second kappa shape index (κ2) is 13.2. The third-order valence-corrected chi connectivity index (χ3v) is 11.1. The number of rotatable bonds is 7. The Labute approximate surface area is 313 Å². The molecule has 0 N–H and O–H groups in total. The highest BCUT2D eigenvalue weighted by Crippen LogP contribution is 2.45. The molecule has 252 valence electrons. The normalized spacial score (nSPS) is 12.5. The largest absolute Gasteiger partial charge is 0.321 e. The van der Waals surface area contributed by atoms with Crippen LogP contribution in [0.15, 0.2) is 204 Å². The lowest BCUT2D eigenvalue weighted by Crippen LogP contribution is -2.23. The Morgan fingerprint density at radius 1 is 0.434 bits per heavy atom. The highest BCUT2D eigenvalue weighted by Gasteiger charge is 2.27. The molecule has 0 aliphatic carbocycles. The van der Waals surface area contributed by atoms with Gasteiger partial charge in [-0.1, -0.05) is 127 Å². The van der Waals surface area contributed by atoms with Crippen molar-refractivity contribution in [3.63, 3.8) is 0 Å². The lowest BCUT2D eigenvalue weighted by Gasteiger charge is -2.22. The van der Waals surface area contributed by atoms with E-state index in [4.69, 9.17) is 4.98 Å². The molecular weight excluding hydrogens is 665 g/mol. The third kappa shape index (κ3) is 5.63. The van der Waals surface area contributed by atoms with Crippen molar-refractivity contribution in [3.8, 4) is 28.1 Å². The molecule has 0 bridgehead atoms. The van der Waals surface area contributed by atoms with E-state index in [-0.39, 0.29) is 0 Å². The molecule has 3 heterocycles.